The largest absolute Gasteiger partial charge is 0.489 e. The number of hydrogen-bond acceptors (Lipinski definition) is 3. The highest BCUT2D eigenvalue weighted by atomic mass is 16.5. The maximum absolute atomic E-state index is 6.00. The summed E-state index contributed by atoms with van der Waals surface area (Å²) in [5.74, 6) is 1.82. The lowest BCUT2D eigenvalue weighted by atomic mass is 9.98. The fraction of sp³-hybridized carbons (Fsp3) is 0.455. The summed E-state index contributed by atoms with van der Waals surface area (Å²) in [6, 6.07) is 4.29. The Bertz CT molecular complexity index is 376. The molecule has 0 saturated heterocycles. The summed E-state index contributed by atoms with van der Waals surface area (Å²) >= 11 is 0. The van der Waals surface area contributed by atoms with Crippen LogP contribution in [0.15, 0.2) is 12.1 Å². The SMILES string of the molecule is NC1CCOc2c1ccc1c2OCC1. The van der Waals surface area contributed by atoms with Crippen molar-refractivity contribution in [2.75, 3.05) is 13.2 Å². The molecule has 0 spiro atoms. The molecule has 0 bridgehead atoms. The van der Waals surface area contributed by atoms with Gasteiger partial charge in [-0.05, 0) is 0 Å². The highest BCUT2D eigenvalue weighted by Crippen LogP contribution is 2.43. The van der Waals surface area contributed by atoms with Crippen molar-refractivity contribution in [3.05, 3.63) is 23.3 Å². The number of rotatable bonds is 0. The Morgan fingerprint density at radius 2 is 2.00 bits per heavy atom. The lowest BCUT2D eigenvalue weighted by molar-refractivity contribution is 0.249. The number of fused-ring (bicyclic) bond motifs is 3. The number of nitrogens with two attached hydrogens (primary N) is 1. The molecule has 3 nitrogen and oxygen atoms in total. The van der Waals surface area contributed by atoms with E-state index in [4.69, 9.17) is 15.2 Å². The second kappa shape index (κ2) is 2.89. The summed E-state index contributed by atoms with van der Waals surface area (Å²) < 4.78 is 11.2. The topological polar surface area (TPSA) is 44.5 Å². The third-order valence-electron chi connectivity index (χ3n) is 2.92. The van der Waals surface area contributed by atoms with Gasteiger partial charge in [-0.15, -0.1) is 0 Å². The lowest BCUT2D eigenvalue weighted by Gasteiger charge is -2.24. The van der Waals surface area contributed by atoms with Gasteiger partial charge in [0.15, 0.2) is 11.5 Å². The summed E-state index contributed by atoms with van der Waals surface area (Å²) in [7, 11) is 0. The first-order valence-electron chi connectivity index (χ1n) is 5.03. The molecule has 1 aromatic carbocycles. The van der Waals surface area contributed by atoms with Crippen LogP contribution in [-0.4, -0.2) is 13.2 Å². The molecule has 3 rings (SSSR count). The molecule has 74 valence electrons. The zero-order chi connectivity index (χ0) is 9.54. The molecule has 0 aliphatic carbocycles. The van der Waals surface area contributed by atoms with E-state index >= 15 is 0 Å². The second-order valence-corrected chi connectivity index (χ2v) is 3.81. The molecule has 2 aliphatic rings. The Hall–Kier alpha value is -1.22. The molecule has 2 heterocycles. The normalized spacial score (nSPS) is 23.4. The lowest BCUT2D eigenvalue weighted by Crippen LogP contribution is -2.20. The molecule has 3 heteroatoms. The Balaban J connectivity index is 2.17. The monoisotopic (exact) mass is 191 g/mol. The molecule has 0 saturated carbocycles. The molecular formula is C11H13NO2. The minimum Gasteiger partial charge on any atom is -0.489 e. The van der Waals surface area contributed by atoms with E-state index in [1.165, 1.54) is 5.56 Å². The standard InChI is InChI=1S/C11H13NO2/c12-9-4-6-14-11-8(9)2-1-7-3-5-13-10(7)11/h1-2,9H,3-6,12H2. The maximum atomic E-state index is 6.00. The van der Waals surface area contributed by atoms with Crippen molar-refractivity contribution in [2.45, 2.75) is 18.9 Å². The van der Waals surface area contributed by atoms with Gasteiger partial charge >= 0.3 is 0 Å². The molecule has 14 heavy (non-hydrogen) atoms. The molecular weight excluding hydrogens is 178 g/mol. The van der Waals surface area contributed by atoms with Crippen molar-refractivity contribution in [3.8, 4) is 11.5 Å². The molecule has 0 aromatic heterocycles. The van der Waals surface area contributed by atoms with E-state index in [0.29, 0.717) is 6.61 Å². The van der Waals surface area contributed by atoms with Crippen LogP contribution in [0.2, 0.25) is 0 Å². The average Bonchev–Trinajstić information content (AvgIpc) is 2.66. The summed E-state index contributed by atoms with van der Waals surface area (Å²) in [5, 5.41) is 0. The van der Waals surface area contributed by atoms with Crippen molar-refractivity contribution in [1.82, 2.24) is 0 Å². The van der Waals surface area contributed by atoms with E-state index in [1.807, 2.05) is 0 Å². The van der Waals surface area contributed by atoms with Gasteiger partial charge < -0.3 is 15.2 Å². The van der Waals surface area contributed by atoms with Crippen molar-refractivity contribution in [2.24, 2.45) is 5.73 Å². The summed E-state index contributed by atoms with van der Waals surface area (Å²) in [5.41, 5.74) is 8.35. The second-order valence-electron chi connectivity index (χ2n) is 3.81. The average molecular weight is 191 g/mol. The van der Waals surface area contributed by atoms with E-state index in [2.05, 4.69) is 12.1 Å². The molecule has 1 atom stereocenters. The van der Waals surface area contributed by atoms with Gasteiger partial charge in [0.25, 0.3) is 0 Å². The van der Waals surface area contributed by atoms with Crippen LogP contribution in [0.3, 0.4) is 0 Å². The van der Waals surface area contributed by atoms with Crippen LogP contribution in [0.4, 0.5) is 0 Å². The maximum Gasteiger partial charge on any atom is 0.166 e. The van der Waals surface area contributed by atoms with Crippen LogP contribution in [0, 0.1) is 0 Å². The first kappa shape index (κ1) is 8.12. The van der Waals surface area contributed by atoms with Gasteiger partial charge in [-0.2, -0.15) is 0 Å². The first-order chi connectivity index (χ1) is 6.86. The van der Waals surface area contributed by atoms with Crippen molar-refractivity contribution < 1.29 is 9.47 Å². The van der Waals surface area contributed by atoms with Crippen LogP contribution in [0.1, 0.15) is 23.6 Å². The van der Waals surface area contributed by atoms with Crippen LogP contribution >= 0.6 is 0 Å². The third kappa shape index (κ3) is 1.02. The van der Waals surface area contributed by atoms with Gasteiger partial charge in [0.2, 0.25) is 0 Å². The van der Waals surface area contributed by atoms with Gasteiger partial charge in [-0.3, -0.25) is 0 Å². The predicted octanol–water partition coefficient (Wildman–Crippen LogP) is 1.40. The van der Waals surface area contributed by atoms with E-state index in [1.54, 1.807) is 0 Å². The zero-order valence-electron chi connectivity index (χ0n) is 7.95. The Kier molecular flexibility index (Phi) is 1.67. The zero-order valence-corrected chi connectivity index (χ0v) is 7.95. The molecule has 1 unspecified atom stereocenters. The van der Waals surface area contributed by atoms with E-state index in [-0.39, 0.29) is 6.04 Å². The van der Waals surface area contributed by atoms with Crippen LogP contribution in [0.5, 0.6) is 11.5 Å². The van der Waals surface area contributed by atoms with Gasteiger partial charge in [-0.1, -0.05) is 12.1 Å². The molecule has 0 amide bonds. The quantitative estimate of drug-likeness (QED) is 0.674. The molecule has 2 aliphatic heterocycles. The molecule has 0 radical (unpaired) electrons. The number of ether oxygens (including phenoxy) is 2. The van der Waals surface area contributed by atoms with Gasteiger partial charge in [-0.25, -0.2) is 0 Å². The van der Waals surface area contributed by atoms with Gasteiger partial charge in [0.1, 0.15) is 0 Å². The minimum absolute atomic E-state index is 0.105. The summed E-state index contributed by atoms with van der Waals surface area (Å²) in [6.45, 7) is 1.47. The van der Waals surface area contributed by atoms with Gasteiger partial charge in [0.05, 0.1) is 13.2 Å². The Labute approximate surface area is 82.8 Å². The fourth-order valence-corrected chi connectivity index (χ4v) is 2.12. The van der Waals surface area contributed by atoms with Crippen molar-refractivity contribution in [3.63, 3.8) is 0 Å². The predicted molar refractivity (Wildman–Crippen MR) is 52.7 cm³/mol. The summed E-state index contributed by atoms with van der Waals surface area (Å²) in [4.78, 5) is 0. The number of benzene rings is 1. The smallest absolute Gasteiger partial charge is 0.166 e. The van der Waals surface area contributed by atoms with E-state index < -0.39 is 0 Å². The minimum atomic E-state index is 0.105. The summed E-state index contributed by atoms with van der Waals surface area (Å²) in [6.07, 6.45) is 1.88. The van der Waals surface area contributed by atoms with Gasteiger partial charge in [0, 0.05) is 30.0 Å². The van der Waals surface area contributed by atoms with Crippen molar-refractivity contribution >= 4 is 0 Å². The Morgan fingerprint density at radius 1 is 1.14 bits per heavy atom. The van der Waals surface area contributed by atoms with Crippen LogP contribution < -0.4 is 15.2 Å². The first-order valence-corrected chi connectivity index (χ1v) is 5.03. The van der Waals surface area contributed by atoms with Crippen LogP contribution in [0.25, 0.3) is 0 Å². The number of hydrogen-bond donors (Lipinski definition) is 1. The molecule has 2 N–H and O–H groups in total. The molecule has 0 fully saturated rings. The Morgan fingerprint density at radius 3 is 2.93 bits per heavy atom. The fourth-order valence-electron chi connectivity index (χ4n) is 2.12. The van der Waals surface area contributed by atoms with E-state index in [0.717, 1.165) is 36.5 Å². The van der Waals surface area contributed by atoms with Crippen molar-refractivity contribution in [1.29, 1.82) is 0 Å². The third-order valence-corrected chi connectivity index (χ3v) is 2.92. The van der Waals surface area contributed by atoms with Crippen LogP contribution in [-0.2, 0) is 6.42 Å². The van der Waals surface area contributed by atoms with E-state index in [9.17, 15) is 0 Å². The molecule has 1 aromatic rings. The highest BCUT2D eigenvalue weighted by molar-refractivity contribution is 5.55. The highest BCUT2D eigenvalue weighted by Gasteiger charge is 2.26.